The van der Waals surface area contributed by atoms with Crippen molar-refractivity contribution < 1.29 is 22.9 Å². The quantitative estimate of drug-likeness (QED) is 0.621. The molecule has 132 valence electrons. The molecule has 1 heterocycles. The molecule has 1 aliphatic rings. The molecule has 0 aliphatic carbocycles. The fourth-order valence-electron chi connectivity index (χ4n) is 2.74. The van der Waals surface area contributed by atoms with Gasteiger partial charge in [-0.2, -0.15) is 13.2 Å². The number of hydrogen-bond acceptors (Lipinski definition) is 4. The van der Waals surface area contributed by atoms with Gasteiger partial charge in [0.05, 0.1) is 17.0 Å². The number of benzene rings is 1. The molecule has 0 radical (unpaired) electrons. The molecular weight excluding hydrogens is 327 g/mol. The lowest BCUT2D eigenvalue weighted by molar-refractivity contribution is -0.384. The molecule has 6 nitrogen and oxygen atoms in total. The van der Waals surface area contributed by atoms with E-state index < -0.39 is 22.4 Å². The lowest BCUT2D eigenvalue weighted by Gasteiger charge is -2.23. The van der Waals surface area contributed by atoms with Gasteiger partial charge >= 0.3 is 6.18 Å². The fourth-order valence-corrected chi connectivity index (χ4v) is 2.74. The zero-order valence-electron chi connectivity index (χ0n) is 13.2. The lowest BCUT2D eigenvalue weighted by Crippen LogP contribution is -2.37. The third-order valence-corrected chi connectivity index (χ3v) is 3.87. The Bertz CT molecular complexity index is 634. The normalized spacial score (nSPS) is 16.2. The highest BCUT2D eigenvalue weighted by Gasteiger charge is 2.34. The van der Waals surface area contributed by atoms with Crippen molar-refractivity contribution in [2.24, 2.45) is 0 Å². The Labute approximate surface area is 137 Å². The maximum Gasteiger partial charge on any atom is 0.416 e. The van der Waals surface area contributed by atoms with Crippen molar-refractivity contribution in [3.8, 4) is 0 Å². The van der Waals surface area contributed by atoms with Crippen LogP contribution in [0.1, 0.15) is 25.3 Å². The molecule has 9 heteroatoms. The summed E-state index contributed by atoms with van der Waals surface area (Å²) in [6, 6.07) is 2.40. The third kappa shape index (κ3) is 3.95. The van der Waals surface area contributed by atoms with Crippen molar-refractivity contribution in [3.05, 3.63) is 33.9 Å². The Kier molecular flexibility index (Phi) is 5.30. The first-order valence-corrected chi connectivity index (χ1v) is 7.62. The number of carbonyl (C=O) groups is 1. The van der Waals surface area contributed by atoms with E-state index in [2.05, 4.69) is 0 Å². The summed E-state index contributed by atoms with van der Waals surface area (Å²) in [7, 11) is 0. The smallest absolute Gasteiger partial charge is 0.357 e. The van der Waals surface area contributed by atoms with E-state index in [1.165, 1.54) is 4.90 Å². The van der Waals surface area contributed by atoms with Crippen LogP contribution in [-0.2, 0) is 11.0 Å². The highest BCUT2D eigenvalue weighted by atomic mass is 19.4. The topological polar surface area (TPSA) is 66.7 Å². The second-order valence-electron chi connectivity index (χ2n) is 5.61. The molecule has 24 heavy (non-hydrogen) atoms. The van der Waals surface area contributed by atoms with Crippen molar-refractivity contribution >= 4 is 17.3 Å². The van der Waals surface area contributed by atoms with E-state index in [-0.39, 0.29) is 18.1 Å². The molecule has 0 atom stereocenters. The molecule has 1 saturated heterocycles. The molecule has 0 N–H and O–H groups in total. The summed E-state index contributed by atoms with van der Waals surface area (Å²) >= 11 is 0. The highest BCUT2D eigenvalue weighted by molar-refractivity contribution is 5.83. The molecule has 1 aromatic carbocycles. The monoisotopic (exact) mass is 345 g/mol. The van der Waals surface area contributed by atoms with Gasteiger partial charge in [0.25, 0.3) is 5.69 Å². The van der Waals surface area contributed by atoms with E-state index in [4.69, 9.17) is 0 Å². The first-order valence-electron chi connectivity index (χ1n) is 7.62. The maximum absolute atomic E-state index is 12.8. The summed E-state index contributed by atoms with van der Waals surface area (Å²) in [5.41, 5.74) is -1.67. The van der Waals surface area contributed by atoms with Crippen molar-refractivity contribution in [2.45, 2.75) is 25.9 Å². The summed E-state index contributed by atoms with van der Waals surface area (Å²) in [5.74, 6) is -0.177. The van der Waals surface area contributed by atoms with E-state index in [0.29, 0.717) is 32.1 Å². The van der Waals surface area contributed by atoms with Gasteiger partial charge < -0.3 is 9.80 Å². The summed E-state index contributed by atoms with van der Waals surface area (Å²) in [5, 5.41) is 11.2. The standard InChI is InChI=1S/C15H18F3N3O3/c1-2-6-19-7-3-8-20(10-14(19)22)12-5-4-11(15(16,17)18)9-13(12)21(23)24/h4-5,9H,2-3,6-8,10H2,1H3. The van der Waals surface area contributed by atoms with Crippen LogP contribution in [0.15, 0.2) is 18.2 Å². The van der Waals surface area contributed by atoms with Crippen LogP contribution in [0.4, 0.5) is 24.5 Å². The predicted molar refractivity (Wildman–Crippen MR) is 81.8 cm³/mol. The fraction of sp³-hybridized carbons (Fsp3) is 0.533. The van der Waals surface area contributed by atoms with E-state index in [9.17, 15) is 28.1 Å². The number of hydrogen-bond donors (Lipinski definition) is 0. The minimum Gasteiger partial charge on any atom is -0.357 e. The number of carbonyl (C=O) groups excluding carboxylic acids is 1. The van der Waals surface area contributed by atoms with Crippen molar-refractivity contribution in [3.63, 3.8) is 0 Å². The average molecular weight is 345 g/mol. The average Bonchev–Trinajstić information content (AvgIpc) is 2.68. The SMILES string of the molecule is CCCN1CCCN(c2ccc(C(F)(F)F)cc2[N+](=O)[O-])CC1=O. The Morgan fingerprint density at radius 1 is 1.29 bits per heavy atom. The van der Waals surface area contributed by atoms with Crippen LogP contribution in [0.5, 0.6) is 0 Å². The second kappa shape index (κ2) is 7.06. The van der Waals surface area contributed by atoms with Gasteiger partial charge in [0.1, 0.15) is 5.69 Å². The number of anilines is 1. The molecule has 0 aromatic heterocycles. The van der Waals surface area contributed by atoms with Crippen LogP contribution < -0.4 is 4.90 Å². The molecule has 0 unspecified atom stereocenters. The number of halogens is 3. The number of nitro benzene ring substituents is 1. The number of nitrogens with zero attached hydrogens (tertiary/aromatic N) is 3. The molecule has 1 aromatic rings. The molecule has 0 spiro atoms. The number of alkyl halides is 3. The van der Waals surface area contributed by atoms with Crippen molar-refractivity contribution in [1.29, 1.82) is 0 Å². The van der Waals surface area contributed by atoms with Gasteiger partial charge in [-0.05, 0) is 25.0 Å². The number of rotatable bonds is 4. The maximum atomic E-state index is 12.8. The van der Waals surface area contributed by atoms with Gasteiger partial charge in [-0.1, -0.05) is 6.92 Å². The minimum absolute atomic E-state index is 0.0414. The second-order valence-corrected chi connectivity index (χ2v) is 5.61. The largest absolute Gasteiger partial charge is 0.416 e. The predicted octanol–water partition coefficient (Wildman–Crippen LogP) is 3.06. The van der Waals surface area contributed by atoms with Crippen LogP contribution in [-0.4, -0.2) is 41.9 Å². The number of nitro groups is 1. The van der Waals surface area contributed by atoms with E-state index >= 15 is 0 Å². The van der Waals surface area contributed by atoms with E-state index in [1.54, 1.807) is 4.90 Å². The van der Waals surface area contributed by atoms with Gasteiger partial charge in [0, 0.05) is 25.7 Å². The van der Waals surface area contributed by atoms with Crippen LogP contribution in [0.2, 0.25) is 0 Å². The lowest BCUT2D eigenvalue weighted by atomic mass is 10.1. The first kappa shape index (κ1) is 18.0. The minimum atomic E-state index is -4.66. The van der Waals surface area contributed by atoms with E-state index in [1.807, 2.05) is 6.92 Å². The zero-order valence-corrected chi connectivity index (χ0v) is 13.2. The molecule has 1 amide bonds. The Morgan fingerprint density at radius 2 is 2.00 bits per heavy atom. The van der Waals surface area contributed by atoms with Gasteiger partial charge in [-0.25, -0.2) is 0 Å². The molecular formula is C15H18F3N3O3. The highest BCUT2D eigenvalue weighted by Crippen LogP contribution is 2.36. The van der Waals surface area contributed by atoms with Crippen LogP contribution in [0.25, 0.3) is 0 Å². The van der Waals surface area contributed by atoms with Crippen molar-refractivity contribution in [2.75, 3.05) is 31.1 Å². The molecule has 1 fully saturated rings. The van der Waals surface area contributed by atoms with Crippen LogP contribution >= 0.6 is 0 Å². The van der Waals surface area contributed by atoms with Crippen LogP contribution in [0, 0.1) is 10.1 Å². The first-order chi connectivity index (χ1) is 11.2. The molecule has 1 aliphatic heterocycles. The zero-order chi connectivity index (χ0) is 17.9. The third-order valence-electron chi connectivity index (χ3n) is 3.87. The van der Waals surface area contributed by atoms with E-state index in [0.717, 1.165) is 18.6 Å². The molecule has 2 rings (SSSR count). The Balaban J connectivity index is 2.34. The Morgan fingerprint density at radius 3 is 2.58 bits per heavy atom. The van der Waals surface area contributed by atoms with Gasteiger partial charge in [-0.3, -0.25) is 14.9 Å². The summed E-state index contributed by atoms with van der Waals surface area (Å²) in [4.78, 5) is 25.7. The van der Waals surface area contributed by atoms with Crippen LogP contribution in [0.3, 0.4) is 0 Å². The molecule has 0 bridgehead atoms. The van der Waals surface area contributed by atoms with Gasteiger partial charge in [-0.15, -0.1) is 0 Å². The molecule has 0 saturated carbocycles. The summed E-state index contributed by atoms with van der Waals surface area (Å²) < 4.78 is 38.3. The summed E-state index contributed by atoms with van der Waals surface area (Å²) in [6.07, 6.45) is -3.26. The number of amides is 1. The summed E-state index contributed by atoms with van der Waals surface area (Å²) in [6.45, 7) is 3.38. The van der Waals surface area contributed by atoms with Crippen molar-refractivity contribution in [1.82, 2.24) is 4.90 Å². The Hall–Kier alpha value is -2.32. The van der Waals surface area contributed by atoms with Gasteiger partial charge in [0.15, 0.2) is 0 Å². The van der Waals surface area contributed by atoms with Gasteiger partial charge in [0.2, 0.25) is 5.91 Å².